The highest BCUT2D eigenvalue weighted by molar-refractivity contribution is 5.48. The van der Waals surface area contributed by atoms with Crippen LogP contribution in [0.4, 0.5) is 14.5 Å². The van der Waals surface area contributed by atoms with E-state index in [1.165, 1.54) is 37.8 Å². The summed E-state index contributed by atoms with van der Waals surface area (Å²) in [6, 6.07) is 2.92. The van der Waals surface area contributed by atoms with Crippen molar-refractivity contribution in [3.05, 3.63) is 29.3 Å². The van der Waals surface area contributed by atoms with Crippen LogP contribution >= 0.6 is 0 Å². The molecule has 0 unspecified atom stereocenters. The molecule has 3 rings (SSSR count). The summed E-state index contributed by atoms with van der Waals surface area (Å²) in [5, 5.41) is 3.22. The normalized spacial score (nSPS) is 19.8. The smallest absolute Gasteiger partial charge is 0.146 e. The van der Waals surface area contributed by atoms with Crippen molar-refractivity contribution in [2.24, 2.45) is 11.8 Å². The van der Waals surface area contributed by atoms with Crippen LogP contribution < -0.4 is 5.32 Å². The molecule has 1 nitrogen and oxygen atoms in total. The molecule has 0 saturated heterocycles. The zero-order chi connectivity index (χ0) is 12.0. The Morgan fingerprint density at radius 2 is 1.65 bits per heavy atom. The third-order valence-electron chi connectivity index (χ3n) is 3.83. The molecule has 17 heavy (non-hydrogen) atoms. The predicted octanol–water partition coefficient (Wildman–Crippen LogP) is 3.87. The highest BCUT2D eigenvalue weighted by Crippen LogP contribution is 2.46. The molecule has 92 valence electrons. The minimum absolute atomic E-state index is 0.330. The maximum absolute atomic E-state index is 13.7. The quantitative estimate of drug-likeness (QED) is 0.838. The maximum atomic E-state index is 13.7. The molecule has 0 atom stereocenters. The molecule has 2 saturated carbocycles. The number of aryl methyl sites for hydroxylation is 1. The van der Waals surface area contributed by atoms with Crippen LogP contribution in [-0.2, 0) is 0 Å². The lowest BCUT2D eigenvalue weighted by atomic mass is 10.1. The zero-order valence-corrected chi connectivity index (χ0v) is 9.97. The first-order valence-corrected chi connectivity index (χ1v) is 6.37. The average molecular weight is 237 g/mol. The van der Waals surface area contributed by atoms with Gasteiger partial charge in [0.1, 0.15) is 11.6 Å². The molecule has 2 aliphatic rings. The van der Waals surface area contributed by atoms with E-state index in [9.17, 15) is 8.78 Å². The molecule has 3 heteroatoms. The molecular formula is C14H17F2N. The predicted molar refractivity (Wildman–Crippen MR) is 64.0 cm³/mol. The van der Waals surface area contributed by atoms with Crippen molar-refractivity contribution in [2.75, 3.05) is 5.32 Å². The number of hydrogen-bond acceptors (Lipinski definition) is 1. The first-order chi connectivity index (χ1) is 8.15. The molecule has 0 heterocycles. The number of halogens is 2. The largest absolute Gasteiger partial charge is 0.379 e. The summed E-state index contributed by atoms with van der Waals surface area (Å²) in [6.45, 7) is 1.58. The van der Waals surface area contributed by atoms with Crippen LogP contribution in [0, 0.1) is 30.4 Å². The Kier molecular flexibility index (Phi) is 2.57. The molecule has 1 aromatic rings. The van der Waals surface area contributed by atoms with E-state index in [1.54, 1.807) is 6.92 Å². The summed E-state index contributed by atoms with van der Waals surface area (Å²) in [7, 11) is 0. The zero-order valence-electron chi connectivity index (χ0n) is 9.97. The van der Waals surface area contributed by atoms with Crippen LogP contribution in [0.1, 0.15) is 31.2 Å². The number of anilines is 1. The fourth-order valence-corrected chi connectivity index (χ4v) is 2.47. The fraction of sp³-hybridized carbons (Fsp3) is 0.571. The van der Waals surface area contributed by atoms with Gasteiger partial charge in [-0.05, 0) is 56.1 Å². The lowest BCUT2D eigenvalue weighted by Gasteiger charge is -2.19. The molecule has 2 fully saturated rings. The summed E-state index contributed by atoms with van der Waals surface area (Å²) in [5.41, 5.74) is 0.694. The molecule has 1 aromatic carbocycles. The molecule has 1 N–H and O–H groups in total. The van der Waals surface area contributed by atoms with E-state index in [4.69, 9.17) is 0 Å². The van der Waals surface area contributed by atoms with Gasteiger partial charge in [0.15, 0.2) is 0 Å². The van der Waals surface area contributed by atoms with Gasteiger partial charge in [0.05, 0.1) is 5.69 Å². The van der Waals surface area contributed by atoms with Gasteiger partial charge in [-0.2, -0.15) is 0 Å². The van der Waals surface area contributed by atoms with E-state index in [0.29, 0.717) is 29.1 Å². The van der Waals surface area contributed by atoms with E-state index < -0.39 is 0 Å². The van der Waals surface area contributed by atoms with Crippen molar-refractivity contribution in [2.45, 2.75) is 38.6 Å². The summed E-state index contributed by atoms with van der Waals surface area (Å²) >= 11 is 0. The van der Waals surface area contributed by atoms with Gasteiger partial charge in [-0.3, -0.25) is 0 Å². The Morgan fingerprint density at radius 3 is 2.18 bits per heavy atom. The van der Waals surface area contributed by atoms with Crippen LogP contribution in [0.25, 0.3) is 0 Å². The first-order valence-electron chi connectivity index (χ1n) is 6.37. The van der Waals surface area contributed by atoms with Gasteiger partial charge in [-0.25, -0.2) is 8.78 Å². The van der Waals surface area contributed by atoms with Gasteiger partial charge in [-0.1, -0.05) is 0 Å². The number of hydrogen-bond donors (Lipinski definition) is 1. The molecule has 0 bridgehead atoms. The molecular weight excluding hydrogens is 220 g/mol. The van der Waals surface area contributed by atoms with Gasteiger partial charge in [0.25, 0.3) is 0 Å². The third-order valence-corrected chi connectivity index (χ3v) is 3.83. The highest BCUT2D eigenvalue weighted by Gasteiger charge is 2.41. The lowest BCUT2D eigenvalue weighted by Crippen LogP contribution is -2.24. The summed E-state index contributed by atoms with van der Waals surface area (Å²) in [5.74, 6) is 0.673. The van der Waals surface area contributed by atoms with Gasteiger partial charge < -0.3 is 5.32 Å². The Balaban J connectivity index is 1.81. The van der Waals surface area contributed by atoms with E-state index in [0.717, 1.165) is 0 Å². The summed E-state index contributed by atoms with van der Waals surface area (Å²) < 4.78 is 27.2. The van der Waals surface area contributed by atoms with Crippen molar-refractivity contribution in [1.29, 1.82) is 0 Å². The van der Waals surface area contributed by atoms with Crippen LogP contribution in [-0.4, -0.2) is 6.04 Å². The Morgan fingerprint density at radius 1 is 1.06 bits per heavy atom. The number of rotatable bonds is 4. The van der Waals surface area contributed by atoms with E-state index >= 15 is 0 Å². The fourth-order valence-electron chi connectivity index (χ4n) is 2.47. The first kappa shape index (κ1) is 11.0. The summed E-state index contributed by atoms with van der Waals surface area (Å²) in [6.07, 6.45) is 4.91. The Bertz CT molecular complexity index is 424. The Labute approximate surface area is 100 Å². The third kappa shape index (κ3) is 2.28. The molecule has 0 aliphatic heterocycles. The van der Waals surface area contributed by atoms with E-state index in [-0.39, 0.29) is 11.6 Å². The minimum Gasteiger partial charge on any atom is -0.379 e. The monoisotopic (exact) mass is 237 g/mol. The Hall–Kier alpha value is -1.12. The van der Waals surface area contributed by atoms with Crippen molar-refractivity contribution >= 4 is 5.69 Å². The van der Waals surface area contributed by atoms with Crippen LogP contribution in [0.2, 0.25) is 0 Å². The van der Waals surface area contributed by atoms with Crippen LogP contribution in [0.3, 0.4) is 0 Å². The number of benzene rings is 1. The van der Waals surface area contributed by atoms with Crippen molar-refractivity contribution in [3.63, 3.8) is 0 Å². The number of nitrogens with one attached hydrogen (secondary N) is 1. The second kappa shape index (κ2) is 3.97. The molecule has 0 aromatic heterocycles. The van der Waals surface area contributed by atoms with Gasteiger partial charge in [0, 0.05) is 12.1 Å². The van der Waals surface area contributed by atoms with Crippen LogP contribution in [0.15, 0.2) is 12.1 Å². The van der Waals surface area contributed by atoms with Crippen molar-refractivity contribution < 1.29 is 8.78 Å². The SMILES string of the molecule is Cc1cc(F)c(NC(C2CC2)C2CC2)cc1F. The minimum atomic E-state index is -0.338. The molecule has 0 amide bonds. The van der Waals surface area contributed by atoms with Gasteiger partial charge >= 0.3 is 0 Å². The van der Waals surface area contributed by atoms with Crippen molar-refractivity contribution in [1.82, 2.24) is 0 Å². The van der Waals surface area contributed by atoms with Gasteiger partial charge in [-0.15, -0.1) is 0 Å². The second-order valence-electron chi connectivity index (χ2n) is 5.43. The second-order valence-corrected chi connectivity index (χ2v) is 5.43. The summed E-state index contributed by atoms with van der Waals surface area (Å²) in [4.78, 5) is 0. The van der Waals surface area contributed by atoms with Crippen LogP contribution in [0.5, 0.6) is 0 Å². The maximum Gasteiger partial charge on any atom is 0.146 e. The van der Waals surface area contributed by atoms with Crippen molar-refractivity contribution in [3.8, 4) is 0 Å². The standard InChI is InChI=1S/C14H17F2N/c1-8-6-12(16)13(7-11(8)15)17-14(9-2-3-9)10-4-5-10/h6-7,9-10,14,17H,2-5H2,1H3. The topological polar surface area (TPSA) is 12.0 Å². The van der Waals surface area contributed by atoms with E-state index in [2.05, 4.69) is 5.32 Å². The molecule has 0 radical (unpaired) electrons. The van der Waals surface area contributed by atoms with Gasteiger partial charge in [0.2, 0.25) is 0 Å². The average Bonchev–Trinajstić information content (AvgIpc) is 3.15. The molecule has 0 spiro atoms. The lowest BCUT2D eigenvalue weighted by molar-refractivity contribution is 0.552. The highest BCUT2D eigenvalue weighted by atomic mass is 19.1. The van der Waals surface area contributed by atoms with E-state index in [1.807, 2.05) is 0 Å². The molecule has 2 aliphatic carbocycles.